The van der Waals surface area contributed by atoms with Gasteiger partial charge in [-0.3, -0.25) is 0 Å². The lowest BCUT2D eigenvalue weighted by atomic mass is 9.78. The van der Waals surface area contributed by atoms with Crippen molar-refractivity contribution in [1.82, 2.24) is 4.90 Å². The van der Waals surface area contributed by atoms with E-state index in [2.05, 4.69) is 23.1 Å². The first-order chi connectivity index (χ1) is 11.6. The number of hydrogen-bond acceptors (Lipinski definition) is 3. The molecule has 0 radical (unpaired) electrons. The molecule has 2 N–H and O–H groups in total. The van der Waals surface area contributed by atoms with E-state index in [4.69, 9.17) is 0 Å². The minimum absolute atomic E-state index is 0.249. The summed E-state index contributed by atoms with van der Waals surface area (Å²) in [6, 6.07) is 7.12. The van der Waals surface area contributed by atoms with Crippen molar-refractivity contribution in [1.29, 1.82) is 0 Å². The molecule has 1 saturated heterocycles. The van der Waals surface area contributed by atoms with Crippen LogP contribution in [0.15, 0.2) is 48.1 Å². The van der Waals surface area contributed by atoms with Crippen LogP contribution >= 0.6 is 0 Å². The van der Waals surface area contributed by atoms with Gasteiger partial charge in [-0.1, -0.05) is 36.8 Å². The van der Waals surface area contributed by atoms with Crippen molar-refractivity contribution in [2.45, 2.75) is 37.7 Å². The number of aromatic hydroxyl groups is 1. The lowest BCUT2D eigenvalue weighted by Gasteiger charge is -2.36. The average Bonchev–Trinajstić information content (AvgIpc) is 3.25. The number of benzene rings is 1. The van der Waals surface area contributed by atoms with Gasteiger partial charge in [-0.05, 0) is 68.0 Å². The molecular weight excluding hydrogens is 298 g/mol. The Hall–Kier alpha value is -1.58. The number of phenolic OH excluding ortho intramolecular Hbond substituents is 1. The van der Waals surface area contributed by atoms with Gasteiger partial charge < -0.3 is 15.1 Å². The molecule has 3 nitrogen and oxygen atoms in total. The van der Waals surface area contributed by atoms with Gasteiger partial charge in [0.25, 0.3) is 0 Å². The second-order valence-corrected chi connectivity index (χ2v) is 7.57. The SMILES string of the molecule is Oc1ccc(C(O)(CCN2CCCCC2)C2=CC3C=CC2C3)cc1. The van der Waals surface area contributed by atoms with E-state index in [1.165, 1.54) is 19.3 Å². The molecule has 3 atom stereocenters. The van der Waals surface area contributed by atoms with Crippen LogP contribution in [-0.2, 0) is 5.60 Å². The third-order valence-electron chi connectivity index (χ3n) is 5.97. The molecule has 3 heteroatoms. The van der Waals surface area contributed by atoms with Crippen LogP contribution in [0.4, 0.5) is 0 Å². The lowest BCUT2D eigenvalue weighted by molar-refractivity contribution is 0.0447. The van der Waals surface area contributed by atoms with Crippen molar-refractivity contribution in [3.05, 3.63) is 53.6 Å². The van der Waals surface area contributed by atoms with Crippen LogP contribution in [0.1, 0.15) is 37.7 Å². The van der Waals surface area contributed by atoms with E-state index >= 15 is 0 Å². The normalized spacial score (nSPS) is 28.8. The Labute approximate surface area is 144 Å². The molecule has 0 spiro atoms. The molecular formula is C21H27NO2. The first kappa shape index (κ1) is 15.9. The summed E-state index contributed by atoms with van der Waals surface area (Å²) in [5.41, 5.74) is 1.15. The zero-order chi connectivity index (χ0) is 16.6. The van der Waals surface area contributed by atoms with Gasteiger partial charge in [0.2, 0.25) is 0 Å². The number of phenols is 1. The minimum Gasteiger partial charge on any atom is -0.508 e. The summed E-state index contributed by atoms with van der Waals surface area (Å²) in [7, 11) is 0. The summed E-state index contributed by atoms with van der Waals surface area (Å²) in [4.78, 5) is 2.48. The molecule has 0 amide bonds. The number of piperidine rings is 1. The summed E-state index contributed by atoms with van der Waals surface area (Å²) in [5, 5.41) is 21.3. The van der Waals surface area contributed by atoms with E-state index in [0.717, 1.165) is 43.6 Å². The monoisotopic (exact) mass is 325 g/mol. The second kappa shape index (κ2) is 6.38. The zero-order valence-corrected chi connectivity index (χ0v) is 14.2. The Morgan fingerprint density at radius 1 is 1.04 bits per heavy atom. The average molecular weight is 325 g/mol. The van der Waals surface area contributed by atoms with Crippen molar-refractivity contribution in [3.63, 3.8) is 0 Å². The molecule has 128 valence electrons. The van der Waals surface area contributed by atoms with Crippen LogP contribution < -0.4 is 0 Å². The van der Waals surface area contributed by atoms with Gasteiger partial charge in [0.05, 0.1) is 0 Å². The van der Waals surface area contributed by atoms with Crippen molar-refractivity contribution in [3.8, 4) is 5.75 Å². The van der Waals surface area contributed by atoms with E-state index in [-0.39, 0.29) is 5.75 Å². The maximum atomic E-state index is 11.7. The number of fused-ring (bicyclic) bond motifs is 2. The van der Waals surface area contributed by atoms with Gasteiger partial charge in [-0.25, -0.2) is 0 Å². The van der Waals surface area contributed by atoms with Crippen molar-refractivity contribution in [2.24, 2.45) is 11.8 Å². The molecule has 2 aliphatic carbocycles. The summed E-state index contributed by atoms with van der Waals surface area (Å²) < 4.78 is 0. The second-order valence-electron chi connectivity index (χ2n) is 7.57. The fourth-order valence-electron chi connectivity index (χ4n) is 4.58. The number of allylic oxidation sites excluding steroid dienone is 3. The van der Waals surface area contributed by atoms with Gasteiger partial charge in [-0.2, -0.15) is 0 Å². The van der Waals surface area contributed by atoms with E-state index in [0.29, 0.717) is 11.8 Å². The molecule has 1 aliphatic heterocycles. The van der Waals surface area contributed by atoms with Crippen LogP contribution in [0.25, 0.3) is 0 Å². The Morgan fingerprint density at radius 2 is 1.79 bits per heavy atom. The highest BCUT2D eigenvalue weighted by Gasteiger charge is 2.42. The highest BCUT2D eigenvalue weighted by molar-refractivity contribution is 5.43. The predicted octanol–water partition coefficient (Wildman–Crippen LogP) is 3.59. The maximum absolute atomic E-state index is 11.7. The standard InChI is InChI=1S/C21H27NO2/c23-19-8-6-18(7-9-19)21(24,10-13-22-11-2-1-3-12-22)20-15-16-4-5-17(20)14-16/h4-9,15-17,23-24H,1-3,10-14H2. The molecule has 2 bridgehead atoms. The van der Waals surface area contributed by atoms with Crippen LogP contribution in [-0.4, -0.2) is 34.7 Å². The molecule has 1 fully saturated rings. The van der Waals surface area contributed by atoms with Crippen LogP contribution in [0.2, 0.25) is 0 Å². The first-order valence-electron chi connectivity index (χ1n) is 9.30. The summed E-state index contributed by atoms with van der Waals surface area (Å²) in [6.07, 6.45) is 12.5. The van der Waals surface area contributed by atoms with Gasteiger partial charge in [0.15, 0.2) is 0 Å². The van der Waals surface area contributed by atoms with Gasteiger partial charge in [-0.15, -0.1) is 0 Å². The zero-order valence-electron chi connectivity index (χ0n) is 14.2. The highest BCUT2D eigenvalue weighted by Crippen LogP contribution is 2.48. The van der Waals surface area contributed by atoms with Crippen LogP contribution in [0, 0.1) is 11.8 Å². The quantitative estimate of drug-likeness (QED) is 0.813. The van der Waals surface area contributed by atoms with Crippen LogP contribution in [0.5, 0.6) is 5.75 Å². The first-order valence-corrected chi connectivity index (χ1v) is 9.30. The largest absolute Gasteiger partial charge is 0.508 e. The van der Waals surface area contributed by atoms with Gasteiger partial charge in [0.1, 0.15) is 11.4 Å². The molecule has 0 saturated carbocycles. The number of likely N-dealkylation sites (tertiary alicyclic amines) is 1. The van der Waals surface area contributed by atoms with E-state index < -0.39 is 5.60 Å². The smallest absolute Gasteiger partial charge is 0.115 e. The molecule has 0 aromatic heterocycles. The molecule has 3 unspecified atom stereocenters. The van der Waals surface area contributed by atoms with Gasteiger partial charge in [0, 0.05) is 12.5 Å². The Balaban J connectivity index is 1.59. The fraction of sp³-hybridized carbons (Fsp3) is 0.524. The third kappa shape index (κ3) is 2.91. The molecule has 1 aromatic rings. The highest BCUT2D eigenvalue weighted by atomic mass is 16.3. The predicted molar refractivity (Wildman–Crippen MR) is 95.7 cm³/mol. The topological polar surface area (TPSA) is 43.7 Å². The molecule has 1 heterocycles. The number of hydrogen-bond donors (Lipinski definition) is 2. The Morgan fingerprint density at radius 3 is 2.42 bits per heavy atom. The fourth-order valence-corrected chi connectivity index (χ4v) is 4.58. The summed E-state index contributed by atoms with van der Waals surface area (Å²) >= 11 is 0. The van der Waals surface area contributed by atoms with E-state index in [1.807, 2.05) is 12.1 Å². The minimum atomic E-state index is -0.921. The third-order valence-corrected chi connectivity index (χ3v) is 5.97. The summed E-state index contributed by atoms with van der Waals surface area (Å²) in [6.45, 7) is 3.23. The molecule has 24 heavy (non-hydrogen) atoms. The summed E-state index contributed by atoms with van der Waals surface area (Å²) in [5.74, 6) is 1.11. The number of rotatable bonds is 5. The van der Waals surface area contributed by atoms with Crippen molar-refractivity contribution in [2.75, 3.05) is 19.6 Å². The van der Waals surface area contributed by atoms with E-state index in [1.54, 1.807) is 12.1 Å². The number of nitrogens with zero attached hydrogens (tertiary/aromatic N) is 1. The Kier molecular flexibility index (Phi) is 4.23. The van der Waals surface area contributed by atoms with Gasteiger partial charge >= 0.3 is 0 Å². The Bertz CT molecular complexity index is 642. The van der Waals surface area contributed by atoms with E-state index in [9.17, 15) is 10.2 Å². The molecule has 1 aromatic carbocycles. The number of aliphatic hydroxyl groups is 1. The molecule has 4 rings (SSSR count). The van der Waals surface area contributed by atoms with Crippen molar-refractivity contribution >= 4 is 0 Å². The van der Waals surface area contributed by atoms with Crippen LogP contribution in [0.3, 0.4) is 0 Å². The lowest BCUT2D eigenvalue weighted by Crippen LogP contribution is -2.38. The van der Waals surface area contributed by atoms with Crippen molar-refractivity contribution < 1.29 is 10.2 Å². The molecule has 3 aliphatic rings. The maximum Gasteiger partial charge on any atom is 0.115 e.